The zero-order valence-electron chi connectivity index (χ0n) is 9.79. The molecule has 1 aliphatic heterocycles. The highest BCUT2D eigenvalue weighted by molar-refractivity contribution is 5.42. The Balaban J connectivity index is 0.000000461. The molecule has 1 heterocycles. The van der Waals surface area contributed by atoms with Crippen LogP contribution in [0, 0.1) is 12.3 Å². The van der Waals surface area contributed by atoms with Crippen LogP contribution in [0.25, 0.3) is 0 Å². The second kappa shape index (κ2) is 5.52. The smallest absolute Gasteiger partial charge is 0.0661 e. The van der Waals surface area contributed by atoms with Crippen LogP contribution in [0.3, 0.4) is 0 Å². The summed E-state index contributed by atoms with van der Waals surface area (Å²) in [6.07, 6.45) is 6.03. The topological polar surface area (TPSA) is 12.5 Å². The summed E-state index contributed by atoms with van der Waals surface area (Å²) in [4.78, 5) is 2.38. The number of rotatable bonds is 2. The number of likely N-dealkylation sites (tertiary alicyclic amines) is 1. The number of piperidine rings is 1. The van der Waals surface area contributed by atoms with Crippen molar-refractivity contribution in [3.05, 3.63) is 18.1 Å². The van der Waals surface area contributed by atoms with E-state index in [1.54, 1.807) is 0 Å². The van der Waals surface area contributed by atoms with E-state index >= 15 is 0 Å². The zero-order chi connectivity index (χ0) is 10.6. The van der Waals surface area contributed by atoms with E-state index in [1.807, 2.05) is 21.0 Å². The maximum absolute atomic E-state index is 5.47. The van der Waals surface area contributed by atoms with Gasteiger partial charge in [0, 0.05) is 32.5 Å². The van der Waals surface area contributed by atoms with E-state index in [0.29, 0.717) is 12.0 Å². The number of hydrogen-bond acceptors (Lipinski definition) is 2. The van der Waals surface area contributed by atoms with Crippen molar-refractivity contribution >= 4 is 0 Å². The highest BCUT2D eigenvalue weighted by Crippen LogP contribution is 2.34. The molecule has 2 atom stereocenters. The molecule has 0 aromatic heterocycles. The van der Waals surface area contributed by atoms with Gasteiger partial charge in [-0.2, -0.15) is 0 Å². The van der Waals surface area contributed by atoms with Crippen molar-refractivity contribution in [2.75, 3.05) is 27.2 Å². The molecule has 2 aliphatic rings. The molecule has 1 aliphatic carbocycles. The van der Waals surface area contributed by atoms with Gasteiger partial charge in [0.05, 0.1) is 6.10 Å². The summed E-state index contributed by atoms with van der Waals surface area (Å²) in [5, 5.41) is 0. The van der Waals surface area contributed by atoms with Gasteiger partial charge in [-0.15, -0.1) is 0 Å². The van der Waals surface area contributed by atoms with Gasteiger partial charge in [-0.25, -0.2) is 0 Å². The van der Waals surface area contributed by atoms with E-state index < -0.39 is 0 Å². The minimum Gasteiger partial charge on any atom is -0.381 e. The van der Waals surface area contributed by atoms with E-state index in [2.05, 4.69) is 24.4 Å². The second-order valence-corrected chi connectivity index (χ2v) is 3.76. The first kappa shape index (κ1) is 11.7. The second-order valence-electron chi connectivity index (χ2n) is 3.76. The Morgan fingerprint density at radius 2 is 2.07 bits per heavy atom. The molecule has 14 heavy (non-hydrogen) atoms. The van der Waals surface area contributed by atoms with Crippen LogP contribution in [0.1, 0.15) is 20.3 Å². The quantitative estimate of drug-likeness (QED) is 0.671. The maximum atomic E-state index is 5.47. The van der Waals surface area contributed by atoms with Crippen LogP contribution in [-0.4, -0.2) is 38.3 Å². The third kappa shape index (κ3) is 2.82. The number of hydrogen-bond donors (Lipinski definition) is 0. The summed E-state index contributed by atoms with van der Waals surface area (Å²) in [5.41, 5.74) is 1.49. The van der Waals surface area contributed by atoms with E-state index in [4.69, 9.17) is 4.74 Å². The lowest BCUT2D eigenvalue weighted by atomic mass is 9.92. The number of nitrogens with zero attached hydrogens (tertiary/aromatic N) is 1. The molecular formula is C12H22NO. The van der Waals surface area contributed by atoms with Gasteiger partial charge in [0.15, 0.2) is 0 Å². The van der Waals surface area contributed by atoms with Crippen molar-refractivity contribution in [2.24, 2.45) is 5.92 Å². The molecule has 0 aromatic carbocycles. The predicted molar refractivity (Wildman–Crippen MR) is 60.1 cm³/mol. The van der Waals surface area contributed by atoms with E-state index in [-0.39, 0.29) is 0 Å². The molecule has 1 fully saturated rings. The Morgan fingerprint density at radius 3 is 2.57 bits per heavy atom. The molecule has 0 amide bonds. The summed E-state index contributed by atoms with van der Waals surface area (Å²) in [6.45, 7) is 6.32. The molecule has 0 unspecified atom stereocenters. The molecule has 0 N–H and O–H groups in total. The number of allylic oxidation sites excluding steroid dienone is 1. The third-order valence-electron chi connectivity index (χ3n) is 2.84. The Bertz CT molecular complexity index is 200. The fraction of sp³-hybridized carbons (Fsp3) is 0.750. The Morgan fingerprint density at radius 1 is 1.43 bits per heavy atom. The first-order chi connectivity index (χ1) is 6.81. The molecule has 0 spiro atoms. The summed E-state index contributed by atoms with van der Waals surface area (Å²) >= 11 is 0. The Kier molecular flexibility index (Phi) is 4.63. The lowest BCUT2D eigenvalue weighted by Crippen LogP contribution is -2.41. The van der Waals surface area contributed by atoms with Crippen LogP contribution in [0.2, 0.25) is 0 Å². The molecular weight excluding hydrogens is 174 g/mol. The summed E-state index contributed by atoms with van der Waals surface area (Å²) in [5.74, 6) is 0.633. The molecule has 81 valence electrons. The Labute approximate surface area is 87.9 Å². The van der Waals surface area contributed by atoms with E-state index in [9.17, 15) is 0 Å². The average molecular weight is 196 g/mol. The largest absolute Gasteiger partial charge is 0.381 e. The average Bonchev–Trinajstić information content (AvgIpc) is 3.04. The van der Waals surface area contributed by atoms with Crippen molar-refractivity contribution < 1.29 is 4.74 Å². The highest BCUT2D eigenvalue weighted by atomic mass is 16.5. The van der Waals surface area contributed by atoms with Crippen molar-refractivity contribution in [3.63, 3.8) is 0 Å². The lowest BCUT2D eigenvalue weighted by Gasteiger charge is -2.34. The van der Waals surface area contributed by atoms with Gasteiger partial charge in [-0.05, 0) is 13.5 Å². The molecule has 0 saturated carbocycles. The maximum Gasteiger partial charge on any atom is 0.0661 e. The van der Waals surface area contributed by atoms with Gasteiger partial charge >= 0.3 is 0 Å². The van der Waals surface area contributed by atoms with Crippen LogP contribution in [0.5, 0.6) is 0 Å². The molecule has 2 heteroatoms. The number of methoxy groups -OCH3 is 1. The van der Waals surface area contributed by atoms with Gasteiger partial charge < -0.3 is 9.64 Å². The van der Waals surface area contributed by atoms with Crippen molar-refractivity contribution in [3.8, 4) is 0 Å². The lowest BCUT2D eigenvalue weighted by molar-refractivity contribution is 0.0161. The van der Waals surface area contributed by atoms with Crippen LogP contribution in [0.15, 0.2) is 11.6 Å². The molecule has 0 bridgehead atoms. The molecule has 1 saturated heterocycles. The predicted octanol–water partition coefficient (Wildman–Crippen LogP) is 2.12. The molecule has 0 aromatic rings. The van der Waals surface area contributed by atoms with E-state index in [0.717, 1.165) is 6.54 Å². The van der Waals surface area contributed by atoms with Crippen LogP contribution in [0.4, 0.5) is 0 Å². The van der Waals surface area contributed by atoms with Gasteiger partial charge in [-0.3, -0.25) is 0 Å². The van der Waals surface area contributed by atoms with Gasteiger partial charge in [0.2, 0.25) is 0 Å². The van der Waals surface area contributed by atoms with Crippen LogP contribution >= 0.6 is 0 Å². The molecule has 2 nitrogen and oxygen atoms in total. The van der Waals surface area contributed by atoms with Crippen molar-refractivity contribution in [1.82, 2.24) is 4.90 Å². The Hall–Kier alpha value is -0.340. The van der Waals surface area contributed by atoms with Crippen molar-refractivity contribution in [2.45, 2.75) is 26.4 Å². The van der Waals surface area contributed by atoms with Gasteiger partial charge in [0.1, 0.15) is 0 Å². The first-order valence-corrected chi connectivity index (χ1v) is 5.57. The standard InChI is InChI=1S/C10H16NO.C2H6/c1-11-6-5-10(12-2)9(7-11)8-3-4-8;1-2/h3-4,9-10H,5-7H2,1-2H3;1-2H3/t9-,10-;/m0./s1. The summed E-state index contributed by atoms with van der Waals surface area (Å²) in [7, 11) is 4.01. The third-order valence-corrected chi connectivity index (χ3v) is 2.84. The van der Waals surface area contributed by atoms with Crippen molar-refractivity contribution in [1.29, 1.82) is 0 Å². The normalized spacial score (nSPS) is 31.6. The van der Waals surface area contributed by atoms with Gasteiger partial charge in [0.25, 0.3) is 0 Å². The monoisotopic (exact) mass is 196 g/mol. The molecule has 2 rings (SSSR count). The number of ether oxygens (including phenoxy) is 1. The van der Waals surface area contributed by atoms with Crippen LogP contribution in [-0.2, 0) is 4.74 Å². The summed E-state index contributed by atoms with van der Waals surface area (Å²) < 4.78 is 5.47. The highest BCUT2D eigenvalue weighted by Gasteiger charge is 2.33. The minimum absolute atomic E-state index is 0.450. The zero-order valence-corrected chi connectivity index (χ0v) is 9.79. The molecule has 1 radical (unpaired) electrons. The SMILES string of the molecule is CC.CO[C@H]1CCN(C)C[C@H]1C1=C[CH]1. The van der Waals surface area contributed by atoms with E-state index in [1.165, 1.54) is 18.5 Å². The fourth-order valence-corrected chi connectivity index (χ4v) is 1.99. The fourth-order valence-electron chi connectivity index (χ4n) is 1.99. The first-order valence-electron chi connectivity index (χ1n) is 5.57. The summed E-state index contributed by atoms with van der Waals surface area (Å²) in [6, 6.07) is 0. The minimum atomic E-state index is 0.450. The van der Waals surface area contributed by atoms with Crippen LogP contribution < -0.4 is 0 Å². The van der Waals surface area contributed by atoms with Gasteiger partial charge in [-0.1, -0.05) is 25.5 Å².